The number of halogens is 2. The largest absolute Gasteiger partial charge is 0.325 e. The Morgan fingerprint density at radius 2 is 1.86 bits per heavy atom. The van der Waals surface area contributed by atoms with Gasteiger partial charge in [0, 0.05) is 41.9 Å². The normalized spacial score (nSPS) is 22.5. The molecule has 6 rings (SSSR count). The lowest BCUT2D eigenvalue weighted by Crippen LogP contribution is -2.47. The quantitative estimate of drug-likeness (QED) is 0.216. The second-order valence-corrected chi connectivity index (χ2v) is 12.6. The molecule has 12 heteroatoms. The van der Waals surface area contributed by atoms with Gasteiger partial charge >= 0.3 is 0 Å². The Kier molecular flexibility index (Phi) is 7.15. The molecular weight excluding hydrogens is 617 g/mol. The highest BCUT2D eigenvalue weighted by molar-refractivity contribution is 9.10. The van der Waals surface area contributed by atoms with Crippen LogP contribution in [0.15, 0.2) is 41.3 Å². The summed E-state index contributed by atoms with van der Waals surface area (Å²) in [4.78, 5) is 54.8. The molecule has 4 atom stereocenters. The van der Waals surface area contributed by atoms with Crippen LogP contribution in [0.4, 0.5) is 10.2 Å². The maximum Gasteiger partial charge on any atom is 0.248 e. The van der Waals surface area contributed by atoms with Gasteiger partial charge in [0.15, 0.2) is 5.78 Å². The molecule has 0 radical (unpaired) electrons. The van der Waals surface area contributed by atoms with Gasteiger partial charge in [-0.15, -0.1) is 0 Å². The van der Waals surface area contributed by atoms with Crippen LogP contribution in [0.25, 0.3) is 22.0 Å². The zero-order valence-corrected chi connectivity index (χ0v) is 26.1. The van der Waals surface area contributed by atoms with E-state index in [9.17, 15) is 18.8 Å². The molecule has 3 aromatic heterocycles. The number of benzene rings is 1. The molecule has 4 heterocycles. The number of Topliss-reactive ketones (excluding diaryl/α,β-unsaturated/α-hetero) is 1. The van der Waals surface area contributed by atoms with E-state index in [1.807, 2.05) is 13.0 Å². The lowest BCUT2D eigenvalue weighted by Gasteiger charge is -2.28. The number of nitrogens with one attached hydrogen (secondary N) is 1. The first-order valence-electron chi connectivity index (χ1n) is 14.1. The molecule has 2 amide bonds. The van der Waals surface area contributed by atoms with E-state index in [0.717, 1.165) is 5.56 Å². The van der Waals surface area contributed by atoms with Crippen molar-refractivity contribution in [3.63, 3.8) is 0 Å². The third-order valence-corrected chi connectivity index (χ3v) is 9.49. The van der Waals surface area contributed by atoms with E-state index in [2.05, 4.69) is 55.1 Å². The number of hydrogen-bond donors (Lipinski definition) is 1. The number of amides is 2. The summed E-state index contributed by atoms with van der Waals surface area (Å²) >= 11 is 3.35. The number of fused-ring (bicyclic) bond motifs is 2. The molecule has 1 aromatic carbocycles. The zero-order valence-electron chi connectivity index (χ0n) is 24.5. The molecule has 43 heavy (non-hydrogen) atoms. The summed E-state index contributed by atoms with van der Waals surface area (Å²) in [6.45, 7) is 8.10. The number of alkyl halides is 1. The molecule has 222 valence electrons. The van der Waals surface area contributed by atoms with Crippen LogP contribution in [0.2, 0.25) is 0 Å². The number of carbonyl (C=O) groups is 3. The summed E-state index contributed by atoms with van der Waals surface area (Å²) in [6, 6.07) is 6.24. The number of carbonyl (C=O) groups excluding carboxylic acids is 3. The van der Waals surface area contributed by atoms with Crippen molar-refractivity contribution in [2.24, 2.45) is 11.3 Å². The summed E-state index contributed by atoms with van der Waals surface area (Å²) in [5.41, 5.74) is 2.73. The topological polar surface area (TPSA) is 123 Å². The molecule has 0 bridgehead atoms. The van der Waals surface area contributed by atoms with Gasteiger partial charge in [-0.1, -0.05) is 19.9 Å². The molecular formula is C31H31BrFN7O3. The Bertz CT molecular complexity index is 1810. The third kappa shape index (κ3) is 4.91. The molecule has 2 aliphatic rings. The summed E-state index contributed by atoms with van der Waals surface area (Å²) in [6.07, 6.45) is 3.80. The van der Waals surface area contributed by atoms with E-state index in [0.29, 0.717) is 44.7 Å². The van der Waals surface area contributed by atoms with E-state index in [1.165, 1.54) is 11.6 Å². The Morgan fingerprint density at radius 1 is 1.14 bits per heavy atom. The van der Waals surface area contributed by atoms with Crippen LogP contribution in [-0.4, -0.2) is 59.3 Å². The Balaban J connectivity index is 1.35. The average molecular weight is 649 g/mol. The van der Waals surface area contributed by atoms with Crippen LogP contribution in [-0.2, 0) is 22.8 Å². The number of nitrogens with zero attached hydrogens (tertiary/aromatic N) is 6. The van der Waals surface area contributed by atoms with Crippen LogP contribution in [0, 0.1) is 25.2 Å². The predicted molar refractivity (Wildman–Crippen MR) is 162 cm³/mol. The van der Waals surface area contributed by atoms with Crippen molar-refractivity contribution in [1.29, 1.82) is 0 Å². The standard InChI is InChI=1S/C31H31BrFN7O3/c1-15-6-7-24(32)36-29(15)37-30(43)23-10-31(5)16(2)28(31)40(23)25(42)14-39-27-20(11-33)8-19(21-12-34-18(4)35-13-21)9-22(27)26(38-39)17(3)41/h6-9,12-13,16,23,28H,10-11,14H2,1-5H3,(H,36,37,43)/t16-,23+,28+,31-/m1/s1. The maximum atomic E-state index is 14.5. The number of rotatable bonds is 7. The first kappa shape index (κ1) is 29.0. The number of ketones is 1. The molecule has 1 aliphatic carbocycles. The SMILES string of the molecule is CC(=O)c1nn(CC(=O)N2[C@H]3[C@@H](C)[C@@]3(C)C[C@H]2C(=O)Nc2nc(Br)ccc2C)c2c(CF)cc(-c3cnc(C)nc3)cc12. The highest BCUT2D eigenvalue weighted by atomic mass is 79.9. The second kappa shape index (κ2) is 10.6. The van der Waals surface area contributed by atoms with Crippen molar-refractivity contribution in [2.45, 2.75) is 66.3 Å². The second-order valence-electron chi connectivity index (χ2n) is 11.8. The first-order chi connectivity index (χ1) is 20.4. The van der Waals surface area contributed by atoms with Crippen molar-refractivity contribution in [1.82, 2.24) is 29.6 Å². The van der Waals surface area contributed by atoms with Crippen LogP contribution in [0.3, 0.4) is 0 Å². The summed E-state index contributed by atoms with van der Waals surface area (Å²) in [5.74, 6) is 0.303. The van der Waals surface area contributed by atoms with E-state index in [4.69, 9.17) is 0 Å². The van der Waals surface area contributed by atoms with Crippen molar-refractivity contribution < 1.29 is 18.8 Å². The number of aryl methyl sites for hydroxylation is 2. The lowest BCUT2D eigenvalue weighted by molar-refractivity contribution is -0.138. The Labute approximate surface area is 256 Å². The van der Waals surface area contributed by atoms with Gasteiger partial charge in [0.25, 0.3) is 0 Å². The van der Waals surface area contributed by atoms with Gasteiger partial charge in [-0.05, 0) is 76.9 Å². The smallest absolute Gasteiger partial charge is 0.248 e. The summed E-state index contributed by atoms with van der Waals surface area (Å²) in [5, 5.41) is 7.85. The number of likely N-dealkylation sites (tertiary alicyclic amines) is 1. The average Bonchev–Trinajstić information content (AvgIpc) is 3.25. The molecule has 0 spiro atoms. The van der Waals surface area contributed by atoms with Crippen molar-refractivity contribution >= 4 is 50.2 Å². The van der Waals surface area contributed by atoms with Gasteiger partial charge in [-0.2, -0.15) is 5.10 Å². The molecule has 10 nitrogen and oxygen atoms in total. The third-order valence-electron chi connectivity index (χ3n) is 9.04. The molecule has 2 fully saturated rings. The molecule has 1 saturated carbocycles. The monoisotopic (exact) mass is 647 g/mol. The minimum Gasteiger partial charge on any atom is -0.325 e. The Hall–Kier alpha value is -4.06. The van der Waals surface area contributed by atoms with E-state index < -0.39 is 12.7 Å². The van der Waals surface area contributed by atoms with Crippen LogP contribution < -0.4 is 5.32 Å². The molecule has 1 N–H and O–H groups in total. The lowest BCUT2D eigenvalue weighted by atomic mass is 9.98. The highest BCUT2D eigenvalue weighted by Crippen LogP contribution is 2.64. The molecule has 1 aliphatic heterocycles. The first-order valence-corrected chi connectivity index (χ1v) is 14.9. The number of aromatic nitrogens is 5. The van der Waals surface area contributed by atoms with Gasteiger partial charge in [0.05, 0.1) is 5.52 Å². The highest BCUT2D eigenvalue weighted by Gasteiger charge is 2.70. The van der Waals surface area contributed by atoms with Crippen LogP contribution >= 0.6 is 15.9 Å². The van der Waals surface area contributed by atoms with Gasteiger partial charge in [0.1, 0.15) is 41.2 Å². The van der Waals surface area contributed by atoms with Gasteiger partial charge < -0.3 is 10.2 Å². The molecule has 4 aromatic rings. The molecule has 0 unspecified atom stereocenters. The predicted octanol–water partition coefficient (Wildman–Crippen LogP) is 5.20. The zero-order chi connectivity index (χ0) is 30.8. The van der Waals surface area contributed by atoms with Gasteiger partial charge in [-0.3, -0.25) is 19.1 Å². The number of pyridine rings is 1. The fourth-order valence-corrected chi connectivity index (χ4v) is 6.83. The number of anilines is 1. The van der Waals surface area contributed by atoms with E-state index in [1.54, 1.807) is 42.4 Å². The Morgan fingerprint density at radius 3 is 2.53 bits per heavy atom. The fraction of sp³-hybridized carbons (Fsp3) is 0.387. The van der Waals surface area contributed by atoms with Gasteiger partial charge in [0.2, 0.25) is 11.8 Å². The van der Waals surface area contributed by atoms with Crippen molar-refractivity contribution in [3.8, 4) is 11.1 Å². The number of piperidine rings is 1. The van der Waals surface area contributed by atoms with Crippen LogP contribution in [0.1, 0.15) is 54.6 Å². The van der Waals surface area contributed by atoms with Crippen LogP contribution in [0.5, 0.6) is 0 Å². The maximum absolute atomic E-state index is 14.5. The minimum atomic E-state index is -0.834. The fourth-order valence-electron chi connectivity index (χ4n) is 6.52. The van der Waals surface area contributed by atoms with Crippen molar-refractivity contribution in [2.75, 3.05) is 5.32 Å². The summed E-state index contributed by atoms with van der Waals surface area (Å²) in [7, 11) is 0. The molecule has 1 saturated heterocycles. The summed E-state index contributed by atoms with van der Waals surface area (Å²) < 4.78 is 16.5. The minimum absolute atomic E-state index is 0.116. The van der Waals surface area contributed by atoms with E-state index >= 15 is 0 Å². The number of hydrogen-bond acceptors (Lipinski definition) is 7. The van der Waals surface area contributed by atoms with Gasteiger partial charge in [-0.25, -0.2) is 19.3 Å². The van der Waals surface area contributed by atoms with E-state index in [-0.39, 0.29) is 52.8 Å². The van der Waals surface area contributed by atoms with Crippen molar-refractivity contribution in [3.05, 3.63) is 63.9 Å².